The van der Waals surface area contributed by atoms with Gasteiger partial charge in [0.25, 0.3) is 5.91 Å². The molecule has 3 N–H and O–H groups in total. The summed E-state index contributed by atoms with van der Waals surface area (Å²) in [7, 11) is 0. The lowest BCUT2D eigenvalue weighted by molar-refractivity contribution is -0.131. The van der Waals surface area contributed by atoms with Crippen LogP contribution in [0.3, 0.4) is 0 Å². The van der Waals surface area contributed by atoms with Gasteiger partial charge in [-0.25, -0.2) is 5.84 Å². The van der Waals surface area contributed by atoms with Crippen molar-refractivity contribution in [1.29, 1.82) is 0 Å². The van der Waals surface area contributed by atoms with E-state index in [9.17, 15) is 4.79 Å². The molecule has 0 saturated carbocycles. The summed E-state index contributed by atoms with van der Waals surface area (Å²) in [5.41, 5.74) is 2.12. The number of amides is 1. The summed E-state index contributed by atoms with van der Waals surface area (Å²) >= 11 is 7.59. The molecule has 98 valence electrons. The molecule has 1 heterocycles. The summed E-state index contributed by atoms with van der Waals surface area (Å²) in [5, 5.41) is 0.729. The van der Waals surface area contributed by atoms with Gasteiger partial charge in [-0.05, 0) is 31.0 Å². The van der Waals surface area contributed by atoms with Crippen LogP contribution in [0.2, 0.25) is 5.02 Å². The molecule has 18 heavy (non-hydrogen) atoms. The Morgan fingerprint density at radius 1 is 1.56 bits per heavy atom. The summed E-state index contributed by atoms with van der Waals surface area (Å²) in [6.07, 6.45) is 1.30. The number of thioether (sulfide) groups is 1. The van der Waals surface area contributed by atoms with Gasteiger partial charge in [-0.3, -0.25) is 10.2 Å². The number of hydrogen-bond acceptors (Lipinski definition) is 4. The van der Waals surface area contributed by atoms with Gasteiger partial charge in [-0.1, -0.05) is 17.7 Å². The van der Waals surface area contributed by atoms with E-state index in [0.29, 0.717) is 0 Å². The van der Waals surface area contributed by atoms with E-state index in [-0.39, 0.29) is 12.0 Å². The van der Waals surface area contributed by atoms with Gasteiger partial charge in [0.15, 0.2) is 0 Å². The number of nitrogens with one attached hydrogen (secondary N) is 1. The average Bonchev–Trinajstić information content (AvgIpc) is 2.84. The van der Waals surface area contributed by atoms with Gasteiger partial charge in [0.05, 0.1) is 6.10 Å². The van der Waals surface area contributed by atoms with Crippen LogP contribution in [-0.2, 0) is 9.53 Å². The molecular weight excluding hydrogens is 272 g/mol. The molecule has 6 heteroatoms. The van der Waals surface area contributed by atoms with Crippen molar-refractivity contribution >= 4 is 29.3 Å². The van der Waals surface area contributed by atoms with E-state index in [1.807, 2.05) is 24.3 Å². The van der Waals surface area contributed by atoms with Crippen LogP contribution in [0.5, 0.6) is 0 Å². The molecule has 1 aromatic rings. The van der Waals surface area contributed by atoms with E-state index in [0.717, 1.165) is 28.5 Å². The van der Waals surface area contributed by atoms with Crippen molar-refractivity contribution in [3.63, 3.8) is 0 Å². The fraction of sp³-hybridized carbons (Fsp3) is 0.417. The summed E-state index contributed by atoms with van der Waals surface area (Å²) in [6.45, 7) is 0. The maximum absolute atomic E-state index is 11.3. The molecule has 0 aliphatic carbocycles. The fourth-order valence-corrected chi connectivity index (χ4v) is 3.12. The maximum Gasteiger partial charge on any atom is 0.263 e. The first-order chi connectivity index (χ1) is 8.69. The number of hydrogen-bond donors (Lipinski definition) is 2. The van der Waals surface area contributed by atoms with E-state index in [1.54, 1.807) is 11.8 Å². The topological polar surface area (TPSA) is 64.3 Å². The van der Waals surface area contributed by atoms with E-state index < -0.39 is 6.10 Å². The van der Waals surface area contributed by atoms with Gasteiger partial charge in [0.2, 0.25) is 0 Å². The molecule has 1 aliphatic heterocycles. The van der Waals surface area contributed by atoms with Gasteiger partial charge < -0.3 is 4.74 Å². The summed E-state index contributed by atoms with van der Waals surface area (Å²) in [6, 6.07) is 7.70. The first kappa shape index (κ1) is 13.7. The highest BCUT2D eigenvalue weighted by Crippen LogP contribution is 2.27. The molecular formula is C12H15ClN2O2S. The molecule has 2 unspecified atom stereocenters. The molecule has 0 spiro atoms. The Labute approximate surface area is 115 Å². The lowest BCUT2D eigenvalue weighted by atomic mass is 10.2. The quantitative estimate of drug-likeness (QED) is 0.384. The molecule has 1 aliphatic rings. The van der Waals surface area contributed by atoms with E-state index >= 15 is 0 Å². The number of nitrogens with two attached hydrogens (primary N) is 1. The number of benzene rings is 1. The second-order valence-corrected chi connectivity index (χ2v) is 5.63. The third-order valence-electron chi connectivity index (χ3n) is 2.77. The first-order valence-corrected chi connectivity index (χ1v) is 7.09. The first-order valence-electron chi connectivity index (χ1n) is 5.73. The van der Waals surface area contributed by atoms with Crippen LogP contribution in [0.15, 0.2) is 29.2 Å². The number of ether oxygens (including phenoxy) is 1. The average molecular weight is 287 g/mol. The van der Waals surface area contributed by atoms with E-state index in [4.69, 9.17) is 22.2 Å². The molecule has 1 saturated heterocycles. The maximum atomic E-state index is 11.3. The van der Waals surface area contributed by atoms with Gasteiger partial charge in [0, 0.05) is 15.7 Å². The second-order valence-electron chi connectivity index (χ2n) is 4.10. The van der Waals surface area contributed by atoms with Crippen molar-refractivity contribution < 1.29 is 9.53 Å². The molecule has 0 bridgehead atoms. The molecule has 1 amide bonds. The van der Waals surface area contributed by atoms with Crippen molar-refractivity contribution in [2.24, 2.45) is 5.84 Å². The third kappa shape index (κ3) is 3.62. The van der Waals surface area contributed by atoms with Crippen LogP contribution in [0, 0.1) is 0 Å². The minimum Gasteiger partial charge on any atom is -0.364 e. The second kappa shape index (κ2) is 6.43. The van der Waals surface area contributed by atoms with Crippen LogP contribution in [-0.4, -0.2) is 23.9 Å². The largest absolute Gasteiger partial charge is 0.364 e. The van der Waals surface area contributed by atoms with E-state index in [1.165, 1.54) is 0 Å². The summed E-state index contributed by atoms with van der Waals surface area (Å²) < 4.78 is 5.62. The Bertz CT molecular complexity index is 430. The van der Waals surface area contributed by atoms with Crippen LogP contribution in [0.4, 0.5) is 0 Å². The predicted octanol–water partition coefficient (Wildman–Crippen LogP) is 1.97. The van der Waals surface area contributed by atoms with Crippen molar-refractivity contribution in [2.45, 2.75) is 29.9 Å². The highest BCUT2D eigenvalue weighted by atomic mass is 35.5. The molecule has 1 fully saturated rings. The zero-order valence-electron chi connectivity index (χ0n) is 9.77. The SMILES string of the molecule is NNC(=O)C1CCC(CSc2cccc(Cl)c2)O1. The van der Waals surface area contributed by atoms with Gasteiger partial charge in [-0.2, -0.15) is 0 Å². The van der Waals surface area contributed by atoms with Gasteiger partial charge >= 0.3 is 0 Å². The number of carbonyl (C=O) groups is 1. The zero-order valence-corrected chi connectivity index (χ0v) is 11.3. The molecule has 0 aromatic heterocycles. The summed E-state index contributed by atoms with van der Waals surface area (Å²) in [4.78, 5) is 12.4. The fourth-order valence-electron chi connectivity index (χ4n) is 1.86. The van der Waals surface area contributed by atoms with Crippen molar-refractivity contribution in [1.82, 2.24) is 5.43 Å². The van der Waals surface area contributed by atoms with Crippen molar-refractivity contribution in [3.8, 4) is 0 Å². The van der Waals surface area contributed by atoms with E-state index in [2.05, 4.69) is 5.43 Å². The number of rotatable bonds is 4. The zero-order chi connectivity index (χ0) is 13.0. The Kier molecular flexibility index (Phi) is 4.88. The predicted molar refractivity (Wildman–Crippen MR) is 72.4 cm³/mol. The monoisotopic (exact) mass is 286 g/mol. The third-order valence-corrected chi connectivity index (χ3v) is 4.14. The lowest BCUT2D eigenvalue weighted by Gasteiger charge is -2.12. The standard InChI is InChI=1S/C12H15ClN2O2S/c13-8-2-1-3-10(6-8)18-7-9-4-5-11(17-9)12(16)15-14/h1-3,6,9,11H,4-5,7,14H2,(H,15,16). The van der Waals surface area contributed by atoms with Gasteiger partial charge in [-0.15, -0.1) is 11.8 Å². The normalized spacial score (nSPS) is 23.0. The highest BCUT2D eigenvalue weighted by molar-refractivity contribution is 7.99. The Morgan fingerprint density at radius 2 is 2.39 bits per heavy atom. The molecule has 1 aromatic carbocycles. The van der Waals surface area contributed by atoms with Crippen LogP contribution in [0.25, 0.3) is 0 Å². The Morgan fingerprint density at radius 3 is 3.11 bits per heavy atom. The van der Waals surface area contributed by atoms with Crippen molar-refractivity contribution in [2.75, 3.05) is 5.75 Å². The Balaban J connectivity index is 1.80. The van der Waals surface area contributed by atoms with Crippen molar-refractivity contribution in [3.05, 3.63) is 29.3 Å². The number of halogens is 1. The smallest absolute Gasteiger partial charge is 0.263 e. The minimum atomic E-state index is -0.403. The van der Waals surface area contributed by atoms with Crippen LogP contribution >= 0.6 is 23.4 Å². The van der Waals surface area contributed by atoms with Crippen LogP contribution in [0.1, 0.15) is 12.8 Å². The number of hydrazine groups is 1. The van der Waals surface area contributed by atoms with Gasteiger partial charge in [0.1, 0.15) is 6.10 Å². The number of carbonyl (C=O) groups excluding carboxylic acids is 1. The molecule has 4 nitrogen and oxygen atoms in total. The summed E-state index contributed by atoms with van der Waals surface area (Å²) in [5.74, 6) is 5.65. The Hall–Kier alpha value is -0.750. The van der Waals surface area contributed by atoms with Crippen LogP contribution < -0.4 is 11.3 Å². The molecule has 2 rings (SSSR count). The lowest BCUT2D eigenvalue weighted by Crippen LogP contribution is -2.39. The molecule has 0 radical (unpaired) electrons. The highest BCUT2D eigenvalue weighted by Gasteiger charge is 2.30. The molecule has 2 atom stereocenters. The minimum absolute atomic E-state index is 0.0938.